The number of hydrogen-bond acceptors (Lipinski definition) is 3. The minimum Gasteiger partial charge on any atom is -0.337 e. The molecule has 0 aromatic heterocycles. The van der Waals surface area contributed by atoms with Crippen LogP contribution in [0, 0.1) is 5.92 Å². The Bertz CT molecular complexity index is 414. The average Bonchev–Trinajstić information content (AvgIpc) is 2.54. The fourth-order valence-corrected chi connectivity index (χ4v) is 2.29. The van der Waals surface area contributed by atoms with Gasteiger partial charge >= 0.3 is 0 Å². The van der Waals surface area contributed by atoms with Crippen molar-refractivity contribution in [3.8, 4) is 0 Å². The summed E-state index contributed by atoms with van der Waals surface area (Å²) >= 11 is 0. The Balaban J connectivity index is 0. The van der Waals surface area contributed by atoms with Gasteiger partial charge < -0.3 is 15.5 Å². The minimum atomic E-state index is -0.120. The molecule has 0 aliphatic heterocycles. The normalized spacial score (nSPS) is 11.3. The van der Waals surface area contributed by atoms with Gasteiger partial charge in [-0.3, -0.25) is 4.79 Å². The van der Waals surface area contributed by atoms with E-state index in [-0.39, 0.29) is 36.6 Å². The van der Waals surface area contributed by atoms with E-state index in [1.807, 2.05) is 30.0 Å². The fourth-order valence-electron chi connectivity index (χ4n) is 2.29. The molecule has 0 bridgehead atoms. The van der Waals surface area contributed by atoms with Gasteiger partial charge in [0.1, 0.15) is 0 Å². The number of hydrogen-bond donors (Lipinski definition) is 1. The SMILES string of the molecule is CCN(CC)CCN(Cc1ccccc1)C(=O)C(C)CN.Cl.Cl. The number of rotatable bonds is 9. The van der Waals surface area contributed by atoms with Crippen LogP contribution < -0.4 is 5.73 Å². The molecule has 1 rings (SSSR count). The summed E-state index contributed by atoms with van der Waals surface area (Å²) in [7, 11) is 0. The lowest BCUT2D eigenvalue weighted by atomic mass is 10.1. The summed E-state index contributed by atoms with van der Waals surface area (Å²) in [4.78, 5) is 16.8. The Morgan fingerprint density at radius 2 is 1.65 bits per heavy atom. The predicted molar refractivity (Wildman–Crippen MR) is 102 cm³/mol. The number of amides is 1. The van der Waals surface area contributed by atoms with Crippen molar-refractivity contribution in [3.63, 3.8) is 0 Å². The summed E-state index contributed by atoms with van der Waals surface area (Å²) in [5.74, 6) is 0.0268. The molecule has 4 nitrogen and oxygen atoms in total. The first-order chi connectivity index (χ1) is 10.1. The number of likely N-dealkylation sites (N-methyl/N-ethyl adjacent to an activating group) is 1. The predicted octanol–water partition coefficient (Wildman–Crippen LogP) is 2.80. The largest absolute Gasteiger partial charge is 0.337 e. The molecule has 1 aromatic carbocycles. The van der Waals surface area contributed by atoms with Gasteiger partial charge in [0.15, 0.2) is 0 Å². The van der Waals surface area contributed by atoms with Gasteiger partial charge in [0.05, 0.1) is 0 Å². The standard InChI is InChI=1S/C17H29N3O.2ClH/c1-4-19(5-2)11-12-20(17(21)15(3)13-18)14-16-9-7-6-8-10-16;;/h6-10,15H,4-5,11-14,18H2,1-3H3;2*1H. The van der Waals surface area contributed by atoms with Crippen molar-refractivity contribution in [2.75, 3.05) is 32.7 Å². The van der Waals surface area contributed by atoms with Crippen molar-refractivity contribution in [3.05, 3.63) is 35.9 Å². The Kier molecular flexibility index (Phi) is 14.5. The van der Waals surface area contributed by atoms with Gasteiger partial charge in [-0.15, -0.1) is 24.8 Å². The maximum Gasteiger partial charge on any atom is 0.227 e. The zero-order valence-corrected chi connectivity index (χ0v) is 16.0. The molecule has 1 aromatic rings. The lowest BCUT2D eigenvalue weighted by Gasteiger charge is -2.28. The van der Waals surface area contributed by atoms with Crippen molar-refractivity contribution in [1.82, 2.24) is 9.80 Å². The van der Waals surface area contributed by atoms with Crippen LogP contribution in [0.5, 0.6) is 0 Å². The van der Waals surface area contributed by atoms with E-state index in [0.29, 0.717) is 13.1 Å². The summed E-state index contributed by atoms with van der Waals surface area (Å²) in [6, 6.07) is 10.1. The zero-order chi connectivity index (χ0) is 15.7. The number of nitrogens with zero attached hydrogens (tertiary/aromatic N) is 2. The molecule has 0 saturated carbocycles. The van der Waals surface area contributed by atoms with Crippen LogP contribution in [0.15, 0.2) is 30.3 Å². The number of carbonyl (C=O) groups is 1. The summed E-state index contributed by atoms with van der Waals surface area (Å²) in [5.41, 5.74) is 6.82. The lowest BCUT2D eigenvalue weighted by Crippen LogP contribution is -2.42. The fraction of sp³-hybridized carbons (Fsp3) is 0.588. The second-order valence-corrected chi connectivity index (χ2v) is 5.41. The van der Waals surface area contributed by atoms with Crippen molar-refractivity contribution in [1.29, 1.82) is 0 Å². The molecular weight excluding hydrogens is 333 g/mol. The highest BCUT2D eigenvalue weighted by Crippen LogP contribution is 2.09. The number of carbonyl (C=O) groups excluding carboxylic acids is 1. The average molecular weight is 364 g/mol. The topological polar surface area (TPSA) is 49.6 Å². The van der Waals surface area contributed by atoms with Crippen LogP contribution in [-0.4, -0.2) is 48.4 Å². The Morgan fingerprint density at radius 1 is 1.09 bits per heavy atom. The van der Waals surface area contributed by atoms with E-state index in [0.717, 1.165) is 31.7 Å². The monoisotopic (exact) mass is 363 g/mol. The Hall–Kier alpha value is -0.810. The van der Waals surface area contributed by atoms with Crippen molar-refractivity contribution >= 4 is 30.7 Å². The molecule has 1 amide bonds. The van der Waals surface area contributed by atoms with Crippen LogP contribution >= 0.6 is 24.8 Å². The number of nitrogens with two attached hydrogens (primary N) is 1. The van der Waals surface area contributed by atoms with Crippen molar-refractivity contribution in [2.45, 2.75) is 27.3 Å². The van der Waals surface area contributed by atoms with Crippen LogP contribution in [0.4, 0.5) is 0 Å². The van der Waals surface area contributed by atoms with E-state index in [2.05, 4.69) is 30.9 Å². The lowest BCUT2D eigenvalue weighted by molar-refractivity contribution is -0.135. The minimum absolute atomic E-state index is 0. The van der Waals surface area contributed by atoms with Crippen LogP contribution in [0.2, 0.25) is 0 Å². The van der Waals surface area contributed by atoms with Gasteiger partial charge in [-0.2, -0.15) is 0 Å². The second kappa shape index (κ2) is 13.6. The molecular formula is C17H31Cl2N3O. The molecule has 0 radical (unpaired) electrons. The van der Waals surface area contributed by atoms with E-state index >= 15 is 0 Å². The van der Waals surface area contributed by atoms with Crippen LogP contribution in [0.25, 0.3) is 0 Å². The second-order valence-electron chi connectivity index (χ2n) is 5.41. The first kappa shape index (κ1) is 24.4. The smallest absolute Gasteiger partial charge is 0.227 e. The highest BCUT2D eigenvalue weighted by Gasteiger charge is 2.19. The highest BCUT2D eigenvalue weighted by atomic mass is 35.5. The molecule has 0 heterocycles. The van der Waals surface area contributed by atoms with Gasteiger partial charge in [0.25, 0.3) is 0 Å². The molecule has 1 unspecified atom stereocenters. The molecule has 0 spiro atoms. The third-order valence-corrected chi connectivity index (χ3v) is 3.88. The molecule has 2 N–H and O–H groups in total. The van der Waals surface area contributed by atoms with E-state index < -0.39 is 0 Å². The van der Waals surface area contributed by atoms with Gasteiger partial charge in [-0.05, 0) is 18.7 Å². The van der Waals surface area contributed by atoms with Gasteiger partial charge in [0.2, 0.25) is 5.91 Å². The molecule has 0 aliphatic rings. The molecule has 0 saturated heterocycles. The molecule has 23 heavy (non-hydrogen) atoms. The van der Waals surface area contributed by atoms with Gasteiger partial charge in [-0.25, -0.2) is 0 Å². The third kappa shape index (κ3) is 8.56. The van der Waals surface area contributed by atoms with Gasteiger partial charge in [-0.1, -0.05) is 51.1 Å². The molecule has 1 atom stereocenters. The first-order valence-electron chi connectivity index (χ1n) is 7.87. The Morgan fingerprint density at radius 3 is 2.13 bits per heavy atom. The Labute approximate surface area is 153 Å². The third-order valence-electron chi connectivity index (χ3n) is 3.88. The number of benzene rings is 1. The molecule has 0 fully saturated rings. The zero-order valence-electron chi connectivity index (χ0n) is 14.4. The molecule has 0 aliphatic carbocycles. The molecule has 134 valence electrons. The van der Waals surface area contributed by atoms with Crippen LogP contribution in [-0.2, 0) is 11.3 Å². The quantitative estimate of drug-likeness (QED) is 0.733. The van der Waals surface area contributed by atoms with Crippen LogP contribution in [0.3, 0.4) is 0 Å². The number of halogens is 2. The molecule has 6 heteroatoms. The summed E-state index contributed by atoms with van der Waals surface area (Å²) in [6.45, 7) is 10.9. The summed E-state index contributed by atoms with van der Waals surface area (Å²) in [5, 5.41) is 0. The summed E-state index contributed by atoms with van der Waals surface area (Å²) in [6.07, 6.45) is 0. The van der Waals surface area contributed by atoms with Crippen molar-refractivity contribution in [2.24, 2.45) is 11.7 Å². The van der Waals surface area contributed by atoms with E-state index in [1.54, 1.807) is 0 Å². The highest BCUT2D eigenvalue weighted by molar-refractivity contribution is 5.85. The summed E-state index contributed by atoms with van der Waals surface area (Å²) < 4.78 is 0. The first-order valence-corrected chi connectivity index (χ1v) is 7.87. The van der Waals surface area contributed by atoms with Crippen molar-refractivity contribution < 1.29 is 4.79 Å². The maximum atomic E-state index is 12.5. The van der Waals surface area contributed by atoms with E-state index in [1.165, 1.54) is 0 Å². The maximum absolute atomic E-state index is 12.5. The van der Waals surface area contributed by atoms with E-state index in [9.17, 15) is 4.79 Å². The van der Waals surface area contributed by atoms with E-state index in [4.69, 9.17) is 5.73 Å². The van der Waals surface area contributed by atoms with Gasteiger partial charge in [0, 0.05) is 32.1 Å². The van der Waals surface area contributed by atoms with Crippen LogP contribution in [0.1, 0.15) is 26.3 Å².